The third-order valence-electron chi connectivity index (χ3n) is 6.92. The van der Waals surface area contributed by atoms with E-state index in [9.17, 15) is 4.79 Å². The van der Waals surface area contributed by atoms with E-state index in [0.717, 1.165) is 24.8 Å². The number of carbonyl (C=O) groups is 1. The summed E-state index contributed by atoms with van der Waals surface area (Å²) in [5.41, 5.74) is 6.06. The highest BCUT2D eigenvalue weighted by atomic mass is 16.1. The Morgan fingerprint density at radius 3 is 2.24 bits per heavy atom. The summed E-state index contributed by atoms with van der Waals surface area (Å²) in [7, 11) is 0. The molecule has 21 heavy (non-hydrogen) atoms. The van der Waals surface area contributed by atoms with Crippen molar-refractivity contribution in [3.63, 3.8) is 0 Å². The van der Waals surface area contributed by atoms with E-state index in [1.165, 1.54) is 51.4 Å². The van der Waals surface area contributed by atoms with Gasteiger partial charge in [-0.15, -0.1) is 0 Å². The van der Waals surface area contributed by atoms with E-state index in [-0.39, 0.29) is 0 Å². The van der Waals surface area contributed by atoms with Crippen LogP contribution in [0, 0.1) is 35.5 Å². The van der Waals surface area contributed by atoms with Gasteiger partial charge in [0.1, 0.15) is 0 Å². The first-order chi connectivity index (χ1) is 10.2. The molecule has 0 aliphatic heterocycles. The van der Waals surface area contributed by atoms with Gasteiger partial charge in [0.05, 0.1) is 0 Å². The van der Waals surface area contributed by atoms with Crippen LogP contribution in [0.4, 0.5) is 0 Å². The number of hydrogen-bond donors (Lipinski definition) is 2. The second-order valence-electron chi connectivity index (χ2n) is 8.49. The Balaban J connectivity index is 1.33. The molecule has 5 saturated carbocycles. The Morgan fingerprint density at radius 2 is 1.62 bits per heavy atom. The van der Waals surface area contributed by atoms with Crippen LogP contribution in [-0.2, 0) is 4.79 Å². The molecular weight excluding hydrogens is 260 g/mol. The van der Waals surface area contributed by atoms with Crippen LogP contribution in [0.1, 0.15) is 57.8 Å². The lowest BCUT2D eigenvalue weighted by atomic mass is 9.51. The predicted molar refractivity (Wildman–Crippen MR) is 83.5 cm³/mol. The van der Waals surface area contributed by atoms with Crippen molar-refractivity contribution >= 4 is 5.91 Å². The van der Waals surface area contributed by atoms with Crippen molar-refractivity contribution in [2.75, 3.05) is 6.54 Å². The van der Waals surface area contributed by atoms with Crippen LogP contribution in [0.25, 0.3) is 0 Å². The fourth-order valence-corrected chi connectivity index (χ4v) is 6.23. The smallest absolute Gasteiger partial charge is 0.223 e. The number of nitrogens with two attached hydrogens (primary N) is 1. The largest absolute Gasteiger partial charge is 0.356 e. The molecule has 2 unspecified atom stereocenters. The van der Waals surface area contributed by atoms with Gasteiger partial charge in [-0.1, -0.05) is 6.42 Å². The molecule has 5 aliphatic carbocycles. The van der Waals surface area contributed by atoms with Crippen molar-refractivity contribution in [2.24, 2.45) is 41.2 Å². The number of carbonyl (C=O) groups excluding carboxylic acids is 1. The standard InChI is InChI=1S/C18H30N2O/c19-16-3-1-2-11(9-16)10-20-18(21)17-14-5-12-4-13(7-14)8-15(17)6-12/h11-17H,1-10,19H2,(H,20,21). The van der Waals surface area contributed by atoms with E-state index in [1.807, 2.05) is 0 Å². The summed E-state index contributed by atoms with van der Waals surface area (Å²) in [6.07, 6.45) is 11.5. The molecule has 4 bridgehead atoms. The summed E-state index contributed by atoms with van der Waals surface area (Å²) in [5.74, 6) is 4.65. The van der Waals surface area contributed by atoms with E-state index < -0.39 is 0 Å². The lowest BCUT2D eigenvalue weighted by Crippen LogP contribution is -2.51. The van der Waals surface area contributed by atoms with Crippen LogP contribution in [0.5, 0.6) is 0 Å². The molecule has 0 saturated heterocycles. The zero-order valence-corrected chi connectivity index (χ0v) is 13.1. The van der Waals surface area contributed by atoms with Crippen LogP contribution < -0.4 is 11.1 Å². The molecule has 3 heteroatoms. The molecule has 0 radical (unpaired) electrons. The van der Waals surface area contributed by atoms with Crippen LogP contribution in [0.15, 0.2) is 0 Å². The third kappa shape index (κ3) is 2.74. The summed E-state index contributed by atoms with van der Waals surface area (Å²) in [5, 5.41) is 3.31. The molecule has 5 fully saturated rings. The predicted octanol–water partition coefficient (Wildman–Crippen LogP) is 2.69. The highest BCUT2D eigenvalue weighted by molar-refractivity contribution is 5.79. The van der Waals surface area contributed by atoms with E-state index in [0.29, 0.717) is 35.6 Å². The SMILES string of the molecule is NC1CCCC(CNC(=O)C2C3CC4CC(C3)CC2C4)C1. The first-order valence-corrected chi connectivity index (χ1v) is 9.22. The molecule has 5 rings (SSSR count). The maximum Gasteiger partial charge on any atom is 0.223 e. The fraction of sp³-hybridized carbons (Fsp3) is 0.944. The molecule has 118 valence electrons. The first-order valence-electron chi connectivity index (χ1n) is 9.22. The van der Waals surface area contributed by atoms with Crippen LogP contribution in [0.3, 0.4) is 0 Å². The van der Waals surface area contributed by atoms with E-state index in [1.54, 1.807) is 0 Å². The van der Waals surface area contributed by atoms with Gasteiger partial charge in [0.2, 0.25) is 5.91 Å². The van der Waals surface area contributed by atoms with Gasteiger partial charge in [-0.05, 0) is 81.0 Å². The number of nitrogens with one attached hydrogen (secondary N) is 1. The molecule has 3 N–H and O–H groups in total. The molecule has 3 nitrogen and oxygen atoms in total. The Kier molecular flexibility index (Phi) is 3.72. The monoisotopic (exact) mass is 290 g/mol. The highest BCUT2D eigenvalue weighted by Gasteiger charge is 2.50. The Labute approximate surface area is 128 Å². The van der Waals surface area contributed by atoms with Gasteiger partial charge in [-0.25, -0.2) is 0 Å². The first kappa shape index (κ1) is 14.0. The van der Waals surface area contributed by atoms with E-state index in [4.69, 9.17) is 5.73 Å². The van der Waals surface area contributed by atoms with Crippen molar-refractivity contribution in [1.82, 2.24) is 5.32 Å². The number of hydrogen-bond acceptors (Lipinski definition) is 2. The maximum atomic E-state index is 12.7. The summed E-state index contributed by atoms with van der Waals surface area (Å²) in [4.78, 5) is 12.7. The number of rotatable bonds is 3. The molecule has 0 spiro atoms. The molecule has 2 atom stereocenters. The van der Waals surface area contributed by atoms with E-state index in [2.05, 4.69) is 5.32 Å². The lowest BCUT2D eigenvalue weighted by molar-refractivity contribution is -0.138. The summed E-state index contributed by atoms with van der Waals surface area (Å²) in [6.45, 7) is 0.870. The summed E-state index contributed by atoms with van der Waals surface area (Å²) < 4.78 is 0. The van der Waals surface area contributed by atoms with Crippen molar-refractivity contribution in [3.8, 4) is 0 Å². The molecule has 0 aromatic rings. The van der Waals surface area contributed by atoms with Gasteiger partial charge in [-0.2, -0.15) is 0 Å². The molecule has 0 aromatic heterocycles. The van der Waals surface area contributed by atoms with Gasteiger partial charge >= 0.3 is 0 Å². The van der Waals surface area contributed by atoms with Crippen LogP contribution in [-0.4, -0.2) is 18.5 Å². The minimum Gasteiger partial charge on any atom is -0.356 e. The Bertz CT molecular complexity index is 380. The van der Waals surface area contributed by atoms with Crippen molar-refractivity contribution in [2.45, 2.75) is 63.8 Å². The maximum absolute atomic E-state index is 12.7. The lowest BCUT2D eigenvalue weighted by Gasteiger charge is -2.53. The van der Waals surface area contributed by atoms with Crippen molar-refractivity contribution < 1.29 is 4.79 Å². The molecular formula is C18H30N2O. The average molecular weight is 290 g/mol. The Hall–Kier alpha value is -0.570. The van der Waals surface area contributed by atoms with E-state index >= 15 is 0 Å². The molecule has 0 heterocycles. The third-order valence-corrected chi connectivity index (χ3v) is 6.92. The molecule has 1 amide bonds. The van der Waals surface area contributed by atoms with Crippen molar-refractivity contribution in [3.05, 3.63) is 0 Å². The second-order valence-corrected chi connectivity index (χ2v) is 8.49. The Morgan fingerprint density at radius 1 is 0.952 bits per heavy atom. The minimum absolute atomic E-state index is 0.343. The van der Waals surface area contributed by atoms with Crippen LogP contribution in [0.2, 0.25) is 0 Å². The fourth-order valence-electron chi connectivity index (χ4n) is 6.23. The van der Waals surface area contributed by atoms with Crippen LogP contribution >= 0.6 is 0 Å². The zero-order chi connectivity index (χ0) is 14.4. The summed E-state index contributed by atoms with van der Waals surface area (Å²) in [6, 6.07) is 0.363. The van der Waals surface area contributed by atoms with Gasteiger partial charge in [-0.3, -0.25) is 4.79 Å². The second kappa shape index (κ2) is 5.57. The average Bonchev–Trinajstić information content (AvgIpc) is 2.44. The normalized spacial score (nSPS) is 48.3. The topological polar surface area (TPSA) is 55.1 Å². The zero-order valence-electron chi connectivity index (χ0n) is 13.1. The molecule has 5 aliphatic rings. The minimum atomic E-state index is 0.343. The van der Waals surface area contributed by atoms with Gasteiger partial charge in [0.25, 0.3) is 0 Å². The van der Waals surface area contributed by atoms with Gasteiger partial charge in [0.15, 0.2) is 0 Å². The number of amides is 1. The highest BCUT2D eigenvalue weighted by Crippen LogP contribution is 2.56. The van der Waals surface area contributed by atoms with Crippen molar-refractivity contribution in [1.29, 1.82) is 0 Å². The van der Waals surface area contributed by atoms with Gasteiger partial charge in [0, 0.05) is 18.5 Å². The van der Waals surface area contributed by atoms with Gasteiger partial charge < -0.3 is 11.1 Å². The molecule has 0 aromatic carbocycles. The quantitative estimate of drug-likeness (QED) is 0.839. The summed E-state index contributed by atoms with van der Waals surface area (Å²) >= 11 is 0.